The van der Waals surface area contributed by atoms with Crippen molar-refractivity contribution in [2.45, 2.75) is 6.42 Å². The first-order valence-corrected chi connectivity index (χ1v) is 7.06. The number of rotatable bonds is 5. The van der Waals surface area contributed by atoms with Crippen LogP contribution in [-0.4, -0.2) is 25.7 Å². The lowest BCUT2D eigenvalue weighted by Gasteiger charge is -1.99. The highest BCUT2D eigenvalue weighted by Gasteiger charge is 2.06. The second kappa shape index (κ2) is 4.83. The molecule has 0 spiro atoms. The van der Waals surface area contributed by atoms with E-state index in [0.717, 1.165) is 0 Å². The summed E-state index contributed by atoms with van der Waals surface area (Å²) in [5.41, 5.74) is 7.51. The van der Waals surface area contributed by atoms with Gasteiger partial charge in [0.25, 0.3) is 6.01 Å². The van der Waals surface area contributed by atoms with Crippen molar-refractivity contribution < 1.29 is 12.8 Å². The Morgan fingerprint density at radius 1 is 1.39 bits per heavy atom. The summed E-state index contributed by atoms with van der Waals surface area (Å²) >= 11 is 0. The molecule has 7 nitrogen and oxygen atoms in total. The molecule has 0 bridgehead atoms. The van der Waals surface area contributed by atoms with Gasteiger partial charge in [-0.05, 0) is 24.6 Å². The molecule has 8 heteroatoms. The quantitative estimate of drug-likeness (QED) is 0.536. The van der Waals surface area contributed by atoms with Crippen molar-refractivity contribution in [1.29, 1.82) is 0 Å². The highest BCUT2D eigenvalue weighted by molar-refractivity contribution is 7.89. The van der Waals surface area contributed by atoms with Gasteiger partial charge in [-0.25, -0.2) is 13.6 Å². The first-order chi connectivity index (χ1) is 8.44. The highest BCUT2D eigenvalue weighted by atomic mass is 32.2. The van der Waals surface area contributed by atoms with E-state index in [-0.39, 0.29) is 5.75 Å². The van der Waals surface area contributed by atoms with Crippen molar-refractivity contribution in [3.63, 3.8) is 0 Å². The summed E-state index contributed by atoms with van der Waals surface area (Å²) in [4.78, 5) is 4.17. The third-order valence-electron chi connectivity index (χ3n) is 2.29. The fourth-order valence-corrected chi connectivity index (χ4v) is 2.04. The molecule has 2 rings (SSSR count). The van der Waals surface area contributed by atoms with Crippen molar-refractivity contribution >= 4 is 32.8 Å². The Hall–Kier alpha value is -1.80. The van der Waals surface area contributed by atoms with E-state index in [9.17, 15) is 8.42 Å². The van der Waals surface area contributed by atoms with Gasteiger partial charge >= 0.3 is 0 Å². The van der Waals surface area contributed by atoms with Crippen molar-refractivity contribution in [1.82, 2.24) is 4.98 Å². The summed E-state index contributed by atoms with van der Waals surface area (Å²) < 4.78 is 26.8. The van der Waals surface area contributed by atoms with Crippen LogP contribution in [0.1, 0.15) is 6.42 Å². The van der Waals surface area contributed by atoms with Crippen LogP contribution in [0.5, 0.6) is 0 Å². The maximum absolute atomic E-state index is 10.7. The number of anilines is 2. The number of aromatic nitrogens is 1. The van der Waals surface area contributed by atoms with Crippen LogP contribution in [0.2, 0.25) is 0 Å². The van der Waals surface area contributed by atoms with Gasteiger partial charge < -0.3 is 15.5 Å². The lowest BCUT2D eigenvalue weighted by Crippen LogP contribution is -2.18. The Morgan fingerprint density at radius 2 is 2.17 bits per heavy atom. The Kier molecular flexibility index (Phi) is 3.39. The summed E-state index contributed by atoms with van der Waals surface area (Å²) in [6.45, 7) is 0.415. The van der Waals surface area contributed by atoms with Crippen LogP contribution in [0.15, 0.2) is 22.6 Å². The molecule has 98 valence electrons. The fraction of sp³-hybridized carbons (Fsp3) is 0.300. The van der Waals surface area contributed by atoms with E-state index in [1.807, 2.05) is 0 Å². The van der Waals surface area contributed by atoms with Crippen LogP contribution < -0.4 is 16.2 Å². The largest absolute Gasteiger partial charge is 0.424 e. The van der Waals surface area contributed by atoms with E-state index in [4.69, 9.17) is 15.3 Å². The van der Waals surface area contributed by atoms with Crippen molar-refractivity contribution in [2.75, 3.05) is 23.3 Å². The molecule has 18 heavy (non-hydrogen) atoms. The standard InChI is InChI=1S/C10H14N4O3S/c11-7-2-3-9-8(6-7)14-10(17-9)13-4-1-5-18(12,15)16/h2-3,6H,1,4-5,11H2,(H,13,14)(H2,12,15,16). The number of hydrogen-bond donors (Lipinski definition) is 3. The van der Waals surface area contributed by atoms with E-state index in [1.165, 1.54) is 0 Å². The lowest BCUT2D eigenvalue weighted by molar-refractivity contribution is 0.593. The smallest absolute Gasteiger partial charge is 0.295 e. The molecule has 0 atom stereocenters. The molecule has 0 unspecified atom stereocenters. The molecule has 0 aliphatic heterocycles. The normalized spacial score (nSPS) is 11.8. The number of nitrogen functional groups attached to an aromatic ring is 1. The third-order valence-corrected chi connectivity index (χ3v) is 3.15. The predicted octanol–water partition coefficient (Wildman–Crippen LogP) is 0.501. The molecule has 0 amide bonds. The van der Waals surface area contributed by atoms with Crippen LogP contribution >= 0.6 is 0 Å². The number of primary sulfonamides is 1. The van der Waals surface area contributed by atoms with E-state index >= 15 is 0 Å². The van der Waals surface area contributed by atoms with Crippen molar-refractivity contribution in [3.05, 3.63) is 18.2 Å². The van der Waals surface area contributed by atoms with Crippen molar-refractivity contribution in [3.8, 4) is 0 Å². The molecule has 0 saturated carbocycles. The molecule has 1 aromatic carbocycles. The summed E-state index contributed by atoms with van der Waals surface area (Å²) in [7, 11) is -3.42. The molecule has 0 radical (unpaired) electrons. The first-order valence-electron chi connectivity index (χ1n) is 5.34. The van der Waals surface area contributed by atoms with Gasteiger partial charge in [0.2, 0.25) is 10.0 Å². The Bertz CT molecular complexity index is 650. The molecule has 0 aliphatic carbocycles. The second-order valence-corrected chi connectivity index (χ2v) is 5.63. The first kappa shape index (κ1) is 12.7. The molecule has 1 heterocycles. The van der Waals surface area contributed by atoms with Gasteiger partial charge in [-0.1, -0.05) is 0 Å². The van der Waals surface area contributed by atoms with Gasteiger partial charge in [0.15, 0.2) is 5.58 Å². The van der Waals surface area contributed by atoms with Gasteiger partial charge in [0.1, 0.15) is 5.52 Å². The molecule has 0 aliphatic rings. The zero-order chi connectivity index (χ0) is 13.2. The topological polar surface area (TPSA) is 124 Å². The number of nitrogens with two attached hydrogens (primary N) is 2. The number of sulfonamides is 1. The molecule has 2 aromatic rings. The van der Waals surface area contributed by atoms with Crippen LogP contribution in [0.4, 0.5) is 11.7 Å². The monoisotopic (exact) mass is 270 g/mol. The Labute approximate surface area is 104 Å². The minimum atomic E-state index is -3.42. The molecule has 0 fully saturated rings. The van der Waals surface area contributed by atoms with Gasteiger partial charge in [-0.15, -0.1) is 0 Å². The highest BCUT2D eigenvalue weighted by Crippen LogP contribution is 2.20. The molecule has 0 saturated heterocycles. The maximum Gasteiger partial charge on any atom is 0.295 e. The molecular weight excluding hydrogens is 256 g/mol. The summed E-state index contributed by atoms with van der Waals surface area (Å²) in [5.74, 6) is -0.0762. The zero-order valence-electron chi connectivity index (χ0n) is 9.59. The Balaban J connectivity index is 1.96. The van der Waals surface area contributed by atoms with E-state index < -0.39 is 10.0 Å². The SMILES string of the molecule is Nc1ccc2oc(NCCCS(N)(=O)=O)nc2c1. The predicted molar refractivity (Wildman–Crippen MR) is 69.5 cm³/mol. The van der Waals surface area contributed by atoms with E-state index in [0.29, 0.717) is 35.8 Å². The molecule has 1 aromatic heterocycles. The van der Waals surface area contributed by atoms with Crippen LogP contribution in [0.25, 0.3) is 11.1 Å². The lowest BCUT2D eigenvalue weighted by atomic mass is 10.3. The second-order valence-electron chi connectivity index (χ2n) is 3.89. The number of fused-ring (bicyclic) bond motifs is 1. The minimum Gasteiger partial charge on any atom is -0.424 e. The average molecular weight is 270 g/mol. The average Bonchev–Trinajstić information content (AvgIpc) is 2.65. The summed E-state index contributed by atoms with van der Waals surface area (Å²) in [6, 6.07) is 5.49. The maximum atomic E-state index is 10.7. The number of benzene rings is 1. The third kappa shape index (κ3) is 3.34. The summed E-state index contributed by atoms with van der Waals surface area (Å²) in [6.07, 6.45) is 0.389. The fourth-order valence-electron chi connectivity index (χ4n) is 1.49. The van der Waals surface area contributed by atoms with E-state index in [2.05, 4.69) is 10.3 Å². The zero-order valence-corrected chi connectivity index (χ0v) is 10.4. The van der Waals surface area contributed by atoms with Crippen molar-refractivity contribution in [2.24, 2.45) is 5.14 Å². The van der Waals surface area contributed by atoms with Gasteiger partial charge in [-0.3, -0.25) is 0 Å². The number of hydrogen-bond acceptors (Lipinski definition) is 6. The summed E-state index contributed by atoms with van der Waals surface area (Å²) in [5, 5.41) is 7.77. The van der Waals surface area contributed by atoms with Gasteiger partial charge in [0, 0.05) is 12.2 Å². The van der Waals surface area contributed by atoms with Gasteiger partial charge in [-0.2, -0.15) is 4.98 Å². The number of oxazole rings is 1. The molecular formula is C10H14N4O3S. The molecule has 5 N–H and O–H groups in total. The Morgan fingerprint density at radius 3 is 2.89 bits per heavy atom. The van der Waals surface area contributed by atoms with Crippen LogP contribution in [-0.2, 0) is 10.0 Å². The van der Waals surface area contributed by atoms with Gasteiger partial charge in [0.05, 0.1) is 5.75 Å². The van der Waals surface area contributed by atoms with Crippen LogP contribution in [0.3, 0.4) is 0 Å². The minimum absolute atomic E-state index is 0.0762. The van der Waals surface area contributed by atoms with Crippen LogP contribution in [0, 0.1) is 0 Å². The number of nitrogens with one attached hydrogen (secondary N) is 1. The van der Waals surface area contributed by atoms with E-state index in [1.54, 1.807) is 18.2 Å². The number of nitrogens with zero attached hydrogens (tertiary/aromatic N) is 1.